The number of hydrogen-bond donors (Lipinski definition) is 0. The van der Waals surface area contributed by atoms with Gasteiger partial charge in [0.15, 0.2) is 5.69 Å². The van der Waals surface area contributed by atoms with E-state index in [2.05, 4.69) is 5.10 Å². The standard InChI is InChI=1S/C14H14F3N3OS/c15-14(16,17)12-3-7-20(18-12)11-1-5-19(6-2-11)13(21)10-4-8-22-9-10/h3-4,7-9,11H,1-2,5-6H2. The highest BCUT2D eigenvalue weighted by Gasteiger charge is 2.34. The van der Waals surface area contributed by atoms with Gasteiger partial charge in [-0.2, -0.15) is 29.6 Å². The average molecular weight is 329 g/mol. The van der Waals surface area contributed by atoms with E-state index in [-0.39, 0.29) is 11.9 Å². The van der Waals surface area contributed by atoms with E-state index in [1.807, 2.05) is 5.38 Å². The number of piperidine rings is 1. The second-order valence-corrected chi connectivity index (χ2v) is 5.99. The first-order valence-electron chi connectivity index (χ1n) is 6.89. The maximum atomic E-state index is 12.6. The summed E-state index contributed by atoms with van der Waals surface area (Å²) in [4.78, 5) is 13.9. The lowest BCUT2D eigenvalue weighted by Gasteiger charge is -2.32. The second-order valence-electron chi connectivity index (χ2n) is 5.21. The average Bonchev–Trinajstić information content (AvgIpc) is 3.17. The molecule has 0 N–H and O–H groups in total. The summed E-state index contributed by atoms with van der Waals surface area (Å²) < 4.78 is 39.1. The lowest BCUT2D eigenvalue weighted by molar-refractivity contribution is -0.141. The first-order valence-corrected chi connectivity index (χ1v) is 7.83. The molecule has 1 aliphatic heterocycles. The fourth-order valence-corrected chi connectivity index (χ4v) is 3.22. The minimum absolute atomic E-state index is 0.0175. The molecular weight excluding hydrogens is 315 g/mol. The number of rotatable bonds is 2. The van der Waals surface area contributed by atoms with E-state index in [1.165, 1.54) is 22.2 Å². The van der Waals surface area contributed by atoms with Gasteiger partial charge >= 0.3 is 6.18 Å². The van der Waals surface area contributed by atoms with E-state index in [4.69, 9.17) is 0 Å². The van der Waals surface area contributed by atoms with Crippen LogP contribution < -0.4 is 0 Å². The third-order valence-corrected chi connectivity index (χ3v) is 4.48. The molecule has 0 atom stereocenters. The Hall–Kier alpha value is -1.83. The zero-order valence-corrected chi connectivity index (χ0v) is 12.4. The number of thiophene rings is 1. The molecule has 1 saturated heterocycles. The summed E-state index contributed by atoms with van der Waals surface area (Å²) in [6, 6.07) is 2.67. The predicted molar refractivity (Wildman–Crippen MR) is 75.7 cm³/mol. The molecule has 0 bridgehead atoms. The van der Waals surface area contributed by atoms with Gasteiger partial charge in [0.05, 0.1) is 11.6 Å². The number of carbonyl (C=O) groups excluding carboxylic acids is 1. The lowest BCUT2D eigenvalue weighted by atomic mass is 10.0. The SMILES string of the molecule is O=C(c1ccsc1)N1CCC(n2ccc(C(F)(F)F)n2)CC1. The summed E-state index contributed by atoms with van der Waals surface area (Å²) in [7, 11) is 0. The molecule has 0 saturated carbocycles. The maximum absolute atomic E-state index is 12.6. The van der Waals surface area contributed by atoms with Crippen LogP contribution in [0.1, 0.15) is 34.9 Å². The molecule has 22 heavy (non-hydrogen) atoms. The van der Waals surface area contributed by atoms with E-state index in [0.717, 1.165) is 6.07 Å². The number of hydrogen-bond acceptors (Lipinski definition) is 3. The number of alkyl halides is 3. The zero-order chi connectivity index (χ0) is 15.7. The fraction of sp³-hybridized carbons (Fsp3) is 0.429. The van der Waals surface area contributed by atoms with Gasteiger partial charge in [0.1, 0.15) is 0 Å². The van der Waals surface area contributed by atoms with E-state index < -0.39 is 11.9 Å². The second kappa shape index (κ2) is 5.75. The monoisotopic (exact) mass is 329 g/mol. The third kappa shape index (κ3) is 3.01. The molecule has 1 aliphatic rings. The van der Waals surface area contributed by atoms with Crippen LogP contribution in [0.2, 0.25) is 0 Å². The van der Waals surface area contributed by atoms with Gasteiger partial charge in [-0.1, -0.05) is 0 Å². The first kappa shape index (κ1) is 15.1. The van der Waals surface area contributed by atoms with Gasteiger partial charge in [-0.05, 0) is 30.4 Å². The van der Waals surface area contributed by atoms with Crippen molar-refractivity contribution in [3.63, 3.8) is 0 Å². The van der Waals surface area contributed by atoms with Crippen LogP contribution in [0, 0.1) is 0 Å². The molecule has 118 valence electrons. The summed E-state index contributed by atoms with van der Waals surface area (Å²) in [6.07, 6.45) is -1.84. The van der Waals surface area contributed by atoms with Gasteiger partial charge in [0.25, 0.3) is 5.91 Å². The van der Waals surface area contributed by atoms with Gasteiger partial charge in [-0.25, -0.2) is 0 Å². The highest BCUT2D eigenvalue weighted by atomic mass is 32.1. The molecule has 0 unspecified atom stereocenters. The summed E-state index contributed by atoms with van der Waals surface area (Å²) in [5, 5.41) is 7.27. The molecule has 8 heteroatoms. The zero-order valence-electron chi connectivity index (χ0n) is 11.6. The smallest absolute Gasteiger partial charge is 0.338 e. The largest absolute Gasteiger partial charge is 0.435 e. The lowest BCUT2D eigenvalue weighted by Crippen LogP contribution is -2.39. The van der Waals surface area contributed by atoms with Crippen molar-refractivity contribution in [1.82, 2.24) is 14.7 Å². The van der Waals surface area contributed by atoms with Crippen molar-refractivity contribution in [2.24, 2.45) is 0 Å². The van der Waals surface area contributed by atoms with Crippen LogP contribution >= 0.6 is 11.3 Å². The Kier molecular flexibility index (Phi) is 3.94. The third-order valence-electron chi connectivity index (χ3n) is 3.79. The van der Waals surface area contributed by atoms with Gasteiger partial charge in [-0.3, -0.25) is 9.48 Å². The van der Waals surface area contributed by atoms with Crippen molar-refractivity contribution in [1.29, 1.82) is 0 Å². The van der Waals surface area contributed by atoms with Crippen LogP contribution in [0.25, 0.3) is 0 Å². The van der Waals surface area contributed by atoms with Gasteiger partial charge in [-0.15, -0.1) is 0 Å². The predicted octanol–water partition coefficient (Wildman–Crippen LogP) is 3.44. The molecule has 1 fully saturated rings. The first-order chi connectivity index (χ1) is 10.4. The highest BCUT2D eigenvalue weighted by Crippen LogP contribution is 2.29. The molecule has 0 aliphatic carbocycles. The summed E-state index contributed by atoms with van der Waals surface area (Å²) in [5.74, 6) is -0.0175. The van der Waals surface area contributed by atoms with Crippen molar-refractivity contribution >= 4 is 17.2 Å². The van der Waals surface area contributed by atoms with Gasteiger partial charge in [0.2, 0.25) is 0 Å². The Labute approximate surface area is 129 Å². The number of halogens is 3. The fourth-order valence-electron chi connectivity index (χ4n) is 2.59. The normalized spacial score (nSPS) is 17.0. The van der Waals surface area contributed by atoms with Crippen LogP contribution in [-0.2, 0) is 6.18 Å². The molecule has 0 aromatic carbocycles. The van der Waals surface area contributed by atoms with Gasteiger partial charge < -0.3 is 4.90 Å². The molecule has 3 rings (SSSR count). The number of amides is 1. The van der Waals surface area contributed by atoms with Crippen molar-refractivity contribution in [3.8, 4) is 0 Å². The molecule has 0 radical (unpaired) electrons. The van der Waals surface area contributed by atoms with Gasteiger partial charge in [0, 0.05) is 24.7 Å². The summed E-state index contributed by atoms with van der Waals surface area (Å²) in [5.41, 5.74) is -0.203. The quantitative estimate of drug-likeness (QED) is 0.846. The molecule has 2 aromatic heterocycles. The maximum Gasteiger partial charge on any atom is 0.435 e. The van der Waals surface area contributed by atoms with Crippen molar-refractivity contribution in [2.75, 3.05) is 13.1 Å². The molecule has 3 heterocycles. The topological polar surface area (TPSA) is 38.1 Å². The Bertz CT molecular complexity index is 643. The Morgan fingerprint density at radius 2 is 2.00 bits per heavy atom. The van der Waals surface area contributed by atoms with Crippen molar-refractivity contribution in [3.05, 3.63) is 40.3 Å². The van der Waals surface area contributed by atoms with E-state index >= 15 is 0 Å². The Morgan fingerprint density at radius 3 is 2.55 bits per heavy atom. The van der Waals surface area contributed by atoms with Crippen molar-refractivity contribution < 1.29 is 18.0 Å². The van der Waals surface area contributed by atoms with Crippen LogP contribution in [0.15, 0.2) is 29.1 Å². The molecular formula is C14H14F3N3OS. The van der Waals surface area contributed by atoms with Crippen LogP contribution in [0.4, 0.5) is 13.2 Å². The van der Waals surface area contributed by atoms with Crippen LogP contribution in [0.3, 0.4) is 0 Å². The number of aromatic nitrogens is 2. The minimum Gasteiger partial charge on any atom is -0.338 e. The highest BCUT2D eigenvalue weighted by molar-refractivity contribution is 7.08. The van der Waals surface area contributed by atoms with E-state index in [1.54, 1.807) is 16.3 Å². The number of nitrogens with zero attached hydrogens (tertiary/aromatic N) is 3. The molecule has 0 spiro atoms. The van der Waals surface area contributed by atoms with E-state index in [9.17, 15) is 18.0 Å². The minimum atomic E-state index is -4.42. The number of likely N-dealkylation sites (tertiary alicyclic amines) is 1. The van der Waals surface area contributed by atoms with Crippen LogP contribution in [0.5, 0.6) is 0 Å². The van der Waals surface area contributed by atoms with Crippen molar-refractivity contribution in [2.45, 2.75) is 25.1 Å². The Balaban J connectivity index is 1.62. The molecule has 2 aromatic rings. The van der Waals surface area contributed by atoms with Crippen LogP contribution in [-0.4, -0.2) is 33.7 Å². The molecule has 4 nitrogen and oxygen atoms in total. The molecule has 1 amide bonds. The van der Waals surface area contributed by atoms with E-state index in [0.29, 0.717) is 31.5 Å². The number of carbonyl (C=O) groups is 1. The summed E-state index contributed by atoms with van der Waals surface area (Å²) >= 11 is 1.47. The summed E-state index contributed by atoms with van der Waals surface area (Å²) in [6.45, 7) is 1.06. The Morgan fingerprint density at radius 1 is 1.27 bits per heavy atom.